The number of pyridine rings is 2. The lowest BCUT2D eigenvalue weighted by Gasteiger charge is -2.35. The minimum atomic E-state index is -1.09. The molecule has 4 N–H and O–H groups in total. The van der Waals surface area contributed by atoms with Crippen LogP contribution in [0.4, 0.5) is 0 Å². The summed E-state index contributed by atoms with van der Waals surface area (Å²) in [6.45, 7) is 3.33. The molecule has 72 heavy (non-hydrogen) atoms. The van der Waals surface area contributed by atoms with Gasteiger partial charge in [-0.1, -0.05) is 19.3 Å². The van der Waals surface area contributed by atoms with Gasteiger partial charge in [0.2, 0.25) is 0 Å². The summed E-state index contributed by atoms with van der Waals surface area (Å²) < 4.78 is 48.3. The van der Waals surface area contributed by atoms with E-state index < -0.39 is 89.9 Å². The number of cyclic esters (lactones) is 2. The van der Waals surface area contributed by atoms with E-state index in [1.165, 1.54) is 38.7 Å². The van der Waals surface area contributed by atoms with E-state index in [0.717, 1.165) is 64.2 Å². The third-order valence-electron chi connectivity index (χ3n) is 15.4. The Bertz CT molecular complexity index is 2270. The van der Waals surface area contributed by atoms with Gasteiger partial charge in [0, 0.05) is 24.5 Å². The molecule has 20 nitrogen and oxygen atoms in total. The van der Waals surface area contributed by atoms with E-state index in [2.05, 4.69) is 20.6 Å². The molecule has 12 atom stereocenters. The Morgan fingerprint density at radius 1 is 0.583 bits per heavy atom. The fourth-order valence-corrected chi connectivity index (χ4v) is 11.3. The zero-order valence-electron chi connectivity index (χ0n) is 41.6. The zero-order chi connectivity index (χ0) is 51.1. The summed E-state index contributed by atoms with van der Waals surface area (Å²) in [7, 11) is 2.70. The predicted octanol–water partition coefficient (Wildman–Crippen LogP) is 5.56. The number of nitrogens with one attached hydrogen (secondary N) is 2. The number of rotatable bonds is 15. The van der Waals surface area contributed by atoms with Crippen molar-refractivity contribution < 1.29 is 76.9 Å². The first-order valence-electron chi connectivity index (χ1n) is 25.9. The van der Waals surface area contributed by atoms with Crippen molar-refractivity contribution in [2.45, 2.75) is 190 Å². The molecule has 2 saturated heterocycles. The van der Waals surface area contributed by atoms with E-state index in [1.54, 1.807) is 13.8 Å². The summed E-state index contributed by atoms with van der Waals surface area (Å²) in [5, 5.41) is 26.5. The van der Waals surface area contributed by atoms with Crippen molar-refractivity contribution in [2.24, 2.45) is 23.7 Å². The van der Waals surface area contributed by atoms with Crippen LogP contribution in [0.5, 0.6) is 23.0 Å². The van der Waals surface area contributed by atoms with Crippen molar-refractivity contribution in [2.75, 3.05) is 14.2 Å². The first-order valence-corrected chi connectivity index (χ1v) is 25.9. The number of ether oxygens (including phenoxy) is 8. The molecular formula is C52H70N4O16. The van der Waals surface area contributed by atoms with E-state index in [9.17, 15) is 39.0 Å². The zero-order valence-corrected chi connectivity index (χ0v) is 41.6. The molecule has 4 saturated carbocycles. The van der Waals surface area contributed by atoms with Gasteiger partial charge in [0.05, 0.1) is 50.5 Å². The molecule has 2 aliphatic heterocycles. The number of amides is 2. The number of carbonyl (C=O) groups is 6. The molecule has 6 aliphatic rings. The van der Waals surface area contributed by atoms with Crippen LogP contribution in [0.15, 0.2) is 24.5 Å². The Hall–Kier alpha value is -5.76. The second-order valence-corrected chi connectivity index (χ2v) is 20.4. The topological polar surface area (TPSA) is 267 Å². The molecule has 0 bridgehead atoms. The molecule has 20 heteroatoms. The SMILES string of the molecule is COc1ccnc(C(=O)N[C@H]2CCC[C@H](OC3CCCC3)[C@@H](OC(=O)C3CCC(C4CCCC4O[C@H]4CCC[C@H](NC(=O)c5nccc(OC)c5O)C(=O)O[C@@H](C)[C@@H]4OC(=O)C4CC4)C3)[C@H](C)OC2=O)c1O. The Morgan fingerprint density at radius 3 is 1.57 bits per heavy atom. The van der Waals surface area contributed by atoms with E-state index in [4.69, 9.17) is 37.9 Å². The van der Waals surface area contributed by atoms with E-state index in [-0.39, 0.29) is 77.6 Å². The minimum absolute atomic E-state index is 0.0262. The summed E-state index contributed by atoms with van der Waals surface area (Å²) >= 11 is 0. The lowest BCUT2D eigenvalue weighted by molar-refractivity contribution is -0.187. The van der Waals surface area contributed by atoms with Crippen molar-refractivity contribution in [1.29, 1.82) is 0 Å². The van der Waals surface area contributed by atoms with Crippen LogP contribution >= 0.6 is 0 Å². The molecule has 4 aliphatic carbocycles. The first kappa shape index (κ1) is 52.6. The number of aromatic hydroxyl groups is 2. The van der Waals surface area contributed by atoms with Crippen LogP contribution in [0, 0.1) is 23.7 Å². The number of hydrogen-bond donors (Lipinski definition) is 4. The maximum Gasteiger partial charge on any atom is 0.329 e. The van der Waals surface area contributed by atoms with Gasteiger partial charge >= 0.3 is 23.9 Å². The fourth-order valence-electron chi connectivity index (χ4n) is 11.3. The molecule has 4 heterocycles. The molecule has 0 aromatic carbocycles. The molecule has 8 rings (SSSR count). The van der Waals surface area contributed by atoms with Crippen molar-refractivity contribution >= 4 is 35.7 Å². The molecule has 2 amide bonds. The van der Waals surface area contributed by atoms with Crippen LogP contribution in [0.25, 0.3) is 0 Å². The number of carbonyl (C=O) groups excluding carboxylic acids is 6. The van der Waals surface area contributed by atoms with E-state index in [0.29, 0.717) is 38.5 Å². The molecule has 2 aromatic rings. The standard InChI is InChI=1S/C52H70N4O16/c1-27-45(39(69-32-10-5-6-11-32)16-8-13-34(51(63)67-27)55-47(59)41-43(57)37(65-3)22-24-53-41)72-50(62)31-21-20-30(26-31)33-12-7-15-36(33)70-40-17-9-14-35(56-48(60)42-44(58)38(66-4)23-25-54-42)52(64)68-28(2)46(40)71-49(61)29-18-19-29/h22-25,27-36,39-40,45-46,57-58H,5-21,26H2,1-4H3,(H,55,59)(H,56,60)/t27-,28-,30?,31?,33?,34-,35-,36?,39-,40-,45-,46-/m0/s1. The Labute approximate surface area is 419 Å². The quantitative estimate of drug-likeness (QED) is 0.126. The van der Waals surface area contributed by atoms with E-state index in [1.807, 2.05) is 0 Å². The summed E-state index contributed by atoms with van der Waals surface area (Å²) in [6.07, 6.45) is 9.27. The third-order valence-corrected chi connectivity index (χ3v) is 15.4. The second-order valence-electron chi connectivity index (χ2n) is 20.4. The highest BCUT2D eigenvalue weighted by Crippen LogP contribution is 2.46. The van der Waals surface area contributed by atoms with Crippen LogP contribution in [0.1, 0.15) is 150 Å². The maximum absolute atomic E-state index is 14.3. The first-order chi connectivity index (χ1) is 34.7. The van der Waals surface area contributed by atoms with Gasteiger partial charge in [-0.05, 0) is 122 Å². The normalized spacial score (nSPS) is 31.5. The largest absolute Gasteiger partial charge is 0.503 e. The van der Waals surface area contributed by atoms with Crippen LogP contribution < -0.4 is 20.1 Å². The molecule has 0 spiro atoms. The van der Waals surface area contributed by atoms with Gasteiger partial charge in [0.25, 0.3) is 11.8 Å². The van der Waals surface area contributed by atoms with Crippen LogP contribution in [-0.2, 0) is 47.6 Å². The summed E-state index contributed by atoms with van der Waals surface area (Å²) in [6, 6.07) is 0.662. The van der Waals surface area contributed by atoms with Gasteiger partial charge in [-0.15, -0.1) is 0 Å². The van der Waals surface area contributed by atoms with Crippen molar-refractivity contribution in [3.8, 4) is 23.0 Å². The lowest BCUT2D eigenvalue weighted by Crippen LogP contribution is -2.47. The van der Waals surface area contributed by atoms with Crippen LogP contribution in [-0.4, -0.2) is 131 Å². The average Bonchev–Trinajstić information content (AvgIpc) is 3.64. The van der Waals surface area contributed by atoms with Gasteiger partial charge in [0.1, 0.15) is 24.3 Å². The third kappa shape index (κ3) is 12.5. The number of methoxy groups -OCH3 is 2. The van der Waals surface area contributed by atoms with Crippen molar-refractivity contribution in [1.82, 2.24) is 20.6 Å². The number of hydrogen-bond acceptors (Lipinski definition) is 18. The number of aromatic nitrogens is 2. The molecule has 6 fully saturated rings. The molecular weight excluding hydrogens is 937 g/mol. The summed E-state index contributed by atoms with van der Waals surface area (Å²) in [4.78, 5) is 89.5. The highest BCUT2D eigenvalue weighted by atomic mass is 16.6. The molecule has 2 aromatic heterocycles. The lowest BCUT2D eigenvalue weighted by atomic mass is 9.87. The number of esters is 4. The van der Waals surface area contributed by atoms with Crippen molar-refractivity contribution in [3.63, 3.8) is 0 Å². The summed E-state index contributed by atoms with van der Waals surface area (Å²) in [5.74, 6) is -4.97. The van der Waals surface area contributed by atoms with Gasteiger partial charge in [0.15, 0.2) is 46.6 Å². The fraction of sp³-hybridized carbons (Fsp3) is 0.692. The Morgan fingerprint density at radius 2 is 1.06 bits per heavy atom. The van der Waals surface area contributed by atoms with Crippen LogP contribution in [0.3, 0.4) is 0 Å². The molecule has 4 unspecified atom stereocenters. The Balaban J connectivity index is 0.919. The predicted molar refractivity (Wildman–Crippen MR) is 253 cm³/mol. The number of nitrogens with zero attached hydrogens (tertiary/aromatic N) is 2. The molecule has 394 valence electrons. The Kier molecular flexibility index (Phi) is 17.4. The van der Waals surface area contributed by atoms with Crippen LogP contribution in [0.2, 0.25) is 0 Å². The average molecular weight is 1010 g/mol. The summed E-state index contributed by atoms with van der Waals surface area (Å²) in [5.41, 5.74) is -0.601. The van der Waals surface area contributed by atoms with Gasteiger partial charge in [-0.3, -0.25) is 19.2 Å². The monoisotopic (exact) mass is 1010 g/mol. The van der Waals surface area contributed by atoms with Gasteiger partial charge in [-0.2, -0.15) is 0 Å². The van der Waals surface area contributed by atoms with E-state index >= 15 is 0 Å². The minimum Gasteiger partial charge on any atom is -0.503 e. The van der Waals surface area contributed by atoms with Crippen molar-refractivity contribution in [3.05, 3.63) is 35.9 Å². The van der Waals surface area contributed by atoms with Gasteiger partial charge in [-0.25, -0.2) is 19.6 Å². The highest BCUT2D eigenvalue weighted by molar-refractivity contribution is 5.98. The molecule has 0 radical (unpaired) electrons. The van der Waals surface area contributed by atoms with Gasteiger partial charge < -0.3 is 58.7 Å². The maximum atomic E-state index is 14.3. The second kappa shape index (κ2) is 23.9. The highest BCUT2D eigenvalue weighted by Gasteiger charge is 2.47. The smallest absolute Gasteiger partial charge is 0.329 e.